The molecule has 3 heteroatoms. The van der Waals surface area contributed by atoms with E-state index in [1.54, 1.807) is 7.11 Å². The highest BCUT2D eigenvalue weighted by molar-refractivity contribution is 5.47. The molecule has 0 N–H and O–H groups in total. The van der Waals surface area contributed by atoms with Crippen molar-refractivity contribution in [1.29, 1.82) is 0 Å². The van der Waals surface area contributed by atoms with Crippen molar-refractivity contribution >= 4 is 0 Å². The third-order valence-corrected chi connectivity index (χ3v) is 4.55. The molecule has 0 aliphatic carbocycles. The second-order valence-electron chi connectivity index (χ2n) is 5.72. The van der Waals surface area contributed by atoms with E-state index in [0.29, 0.717) is 0 Å². The lowest BCUT2D eigenvalue weighted by atomic mass is 9.86. The van der Waals surface area contributed by atoms with E-state index in [9.17, 15) is 0 Å². The molecule has 0 saturated carbocycles. The summed E-state index contributed by atoms with van der Waals surface area (Å²) in [5.41, 5.74) is 1.46. The average molecular weight is 261 g/mol. The Morgan fingerprint density at radius 1 is 1.42 bits per heavy atom. The van der Waals surface area contributed by atoms with Gasteiger partial charge in [0, 0.05) is 12.0 Å². The van der Waals surface area contributed by atoms with Gasteiger partial charge in [-0.15, -0.1) is 0 Å². The molecule has 1 aromatic carbocycles. The van der Waals surface area contributed by atoms with Crippen LogP contribution in [0, 0.1) is 0 Å². The molecule has 2 aliphatic heterocycles. The summed E-state index contributed by atoms with van der Waals surface area (Å²) < 4.78 is 11.6. The quantitative estimate of drug-likeness (QED) is 0.835. The number of fused-ring (bicyclic) bond motifs is 1. The summed E-state index contributed by atoms with van der Waals surface area (Å²) in [6.07, 6.45) is 4.80. The minimum Gasteiger partial charge on any atom is -0.496 e. The standard InChI is InChI=1S/C16H23NO2/c1-3-9-17-10-5-8-16(17)11-13-14(18-2)6-4-7-15(13)19-12-16/h4,6-7H,3,5,8-12H2,1-2H3/t16-/m1/s1. The number of benzene rings is 1. The highest BCUT2D eigenvalue weighted by Crippen LogP contribution is 2.42. The molecule has 3 rings (SSSR count). The second kappa shape index (κ2) is 5.04. The van der Waals surface area contributed by atoms with Gasteiger partial charge >= 0.3 is 0 Å². The van der Waals surface area contributed by atoms with E-state index < -0.39 is 0 Å². The molecule has 0 bridgehead atoms. The van der Waals surface area contributed by atoms with Gasteiger partial charge < -0.3 is 9.47 Å². The molecule has 1 atom stereocenters. The first kappa shape index (κ1) is 12.8. The van der Waals surface area contributed by atoms with Crippen molar-refractivity contribution in [3.63, 3.8) is 0 Å². The van der Waals surface area contributed by atoms with Gasteiger partial charge in [-0.25, -0.2) is 0 Å². The molecule has 0 aromatic heterocycles. The summed E-state index contributed by atoms with van der Waals surface area (Å²) >= 11 is 0. The minimum atomic E-state index is 0.206. The van der Waals surface area contributed by atoms with Crippen LogP contribution in [-0.2, 0) is 6.42 Å². The molecule has 0 radical (unpaired) electrons. The zero-order valence-electron chi connectivity index (χ0n) is 11.9. The molecule has 19 heavy (non-hydrogen) atoms. The molecule has 0 amide bonds. The van der Waals surface area contributed by atoms with Gasteiger partial charge in [0.2, 0.25) is 0 Å². The van der Waals surface area contributed by atoms with Gasteiger partial charge in [0.1, 0.15) is 18.1 Å². The van der Waals surface area contributed by atoms with Gasteiger partial charge in [0.25, 0.3) is 0 Å². The van der Waals surface area contributed by atoms with Gasteiger partial charge in [-0.05, 0) is 44.5 Å². The maximum atomic E-state index is 6.06. The van der Waals surface area contributed by atoms with Gasteiger partial charge in [-0.1, -0.05) is 13.0 Å². The number of ether oxygens (including phenoxy) is 2. The van der Waals surface area contributed by atoms with Crippen LogP contribution in [-0.4, -0.2) is 37.2 Å². The van der Waals surface area contributed by atoms with Crippen molar-refractivity contribution in [1.82, 2.24) is 4.90 Å². The molecule has 2 heterocycles. The number of methoxy groups -OCH3 is 1. The summed E-state index contributed by atoms with van der Waals surface area (Å²) in [6, 6.07) is 6.11. The lowest BCUT2D eigenvalue weighted by Crippen LogP contribution is -2.52. The minimum absolute atomic E-state index is 0.206. The fourth-order valence-electron chi connectivity index (χ4n) is 3.62. The topological polar surface area (TPSA) is 21.7 Å². The lowest BCUT2D eigenvalue weighted by molar-refractivity contribution is 0.0595. The predicted octanol–water partition coefficient (Wildman–Crippen LogP) is 2.87. The number of hydrogen-bond donors (Lipinski definition) is 0. The average Bonchev–Trinajstić information content (AvgIpc) is 2.81. The van der Waals surface area contributed by atoms with E-state index in [0.717, 1.165) is 24.5 Å². The Labute approximate surface area is 115 Å². The summed E-state index contributed by atoms with van der Waals surface area (Å²) in [5.74, 6) is 1.98. The van der Waals surface area contributed by atoms with Crippen LogP contribution in [0.15, 0.2) is 18.2 Å². The molecule has 1 saturated heterocycles. The highest BCUT2D eigenvalue weighted by atomic mass is 16.5. The Balaban J connectivity index is 1.92. The Kier molecular flexibility index (Phi) is 3.40. The smallest absolute Gasteiger partial charge is 0.126 e. The highest BCUT2D eigenvalue weighted by Gasteiger charge is 2.44. The van der Waals surface area contributed by atoms with E-state index in [-0.39, 0.29) is 5.54 Å². The van der Waals surface area contributed by atoms with Crippen LogP contribution in [0.1, 0.15) is 31.7 Å². The van der Waals surface area contributed by atoms with Crippen molar-refractivity contribution in [2.75, 3.05) is 26.8 Å². The molecule has 1 spiro atoms. The van der Waals surface area contributed by atoms with E-state index in [2.05, 4.69) is 17.9 Å². The summed E-state index contributed by atoms with van der Waals surface area (Å²) in [7, 11) is 1.75. The zero-order valence-corrected chi connectivity index (χ0v) is 11.9. The van der Waals surface area contributed by atoms with Crippen LogP contribution in [0.5, 0.6) is 11.5 Å². The van der Waals surface area contributed by atoms with Crippen LogP contribution in [0.3, 0.4) is 0 Å². The van der Waals surface area contributed by atoms with E-state index in [1.165, 1.54) is 37.9 Å². The molecule has 3 nitrogen and oxygen atoms in total. The number of rotatable bonds is 3. The van der Waals surface area contributed by atoms with Crippen LogP contribution >= 0.6 is 0 Å². The zero-order chi connectivity index (χ0) is 13.3. The molecule has 2 aliphatic rings. The third-order valence-electron chi connectivity index (χ3n) is 4.55. The monoisotopic (exact) mass is 261 g/mol. The largest absolute Gasteiger partial charge is 0.496 e. The maximum absolute atomic E-state index is 6.06. The molecule has 0 unspecified atom stereocenters. The second-order valence-corrected chi connectivity index (χ2v) is 5.72. The molecule has 1 aromatic rings. The summed E-state index contributed by atoms with van der Waals surface area (Å²) in [4.78, 5) is 2.63. The van der Waals surface area contributed by atoms with Gasteiger partial charge in [0.15, 0.2) is 0 Å². The van der Waals surface area contributed by atoms with Crippen molar-refractivity contribution in [2.24, 2.45) is 0 Å². The maximum Gasteiger partial charge on any atom is 0.126 e. The first-order chi connectivity index (χ1) is 9.29. The van der Waals surface area contributed by atoms with Gasteiger partial charge in [0.05, 0.1) is 12.6 Å². The van der Waals surface area contributed by atoms with E-state index in [1.807, 2.05) is 12.1 Å². The molecule has 104 valence electrons. The van der Waals surface area contributed by atoms with E-state index >= 15 is 0 Å². The van der Waals surface area contributed by atoms with Crippen LogP contribution < -0.4 is 9.47 Å². The summed E-state index contributed by atoms with van der Waals surface area (Å²) in [6.45, 7) is 5.47. The fraction of sp³-hybridized carbons (Fsp3) is 0.625. The van der Waals surface area contributed by atoms with Crippen molar-refractivity contribution in [2.45, 2.75) is 38.1 Å². The van der Waals surface area contributed by atoms with E-state index in [4.69, 9.17) is 9.47 Å². The number of hydrogen-bond acceptors (Lipinski definition) is 3. The Hall–Kier alpha value is -1.22. The summed E-state index contributed by atoms with van der Waals surface area (Å²) in [5, 5.41) is 0. The van der Waals surface area contributed by atoms with Crippen molar-refractivity contribution in [3.05, 3.63) is 23.8 Å². The SMILES string of the molecule is CCCN1CCC[C@@]12COc1cccc(OC)c1C2. The molecule has 1 fully saturated rings. The Morgan fingerprint density at radius 2 is 2.32 bits per heavy atom. The normalized spacial score (nSPS) is 26.2. The van der Waals surface area contributed by atoms with Gasteiger partial charge in [-0.2, -0.15) is 0 Å². The predicted molar refractivity (Wildman–Crippen MR) is 76.0 cm³/mol. The number of nitrogens with zero attached hydrogens (tertiary/aromatic N) is 1. The lowest BCUT2D eigenvalue weighted by Gasteiger charge is -2.42. The van der Waals surface area contributed by atoms with Crippen LogP contribution in [0.4, 0.5) is 0 Å². The molecular formula is C16H23NO2. The van der Waals surface area contributed by atoms with Crippen LogP contribution in [0.2, 0.25) is 0 Å². The Bertz CT molecular complexity index is 446. The van der Waals surface area contributed by atoms with Gasteiger partial charge in [-0.3, -0.25) is 4.90 Å². The first-order valence-corrected chi connectivity index (χ1v) is 7.33. The fourth-order valence-corrected chi connectivity index (χ4v) is 3.62. The third kappa shape index (κ3) is 2.10. The van der Waals surface area contributed by atoms with Crippen LogP contribution in [0.25, 0.3) is 0 Å². The van der Waals surface area contributed by atoms with Crippen molar-refractivity contribution in [3.8, 4) is 11.5 Å². The van der Waals surface area contributed by atoms with Crippen molar-refractivity contribution < 1.29 is 9.47 Å². The molecular weight excluding hydrogens is 238 g/mol. The first-order valence-electron chi connectivity index (χ1n) is 7.33. The number of likely N-dealkylation sites (tertiary alicyclic amines) is 1. The Morgan fingerprint density at radius 3 is 3.11 bits per heavy atom.